The van der Waals surface area contributed by atoms with Crippen molar-refractivity contribution in [3.8, 4) is 0 Å². The molecule has 2 amide bonds. The summed E-state index contributed by atoms with van der Waals surface area (Å²) in [6, 6.07) is 21.2. The summed E-state index contributed by atoms with van der Waals surface area (Å²) in [6.45, 7) is 2.05. The Hall–Kier alpha value is -1.86. The van der Waals surface area contributed by atoms with Crippen LogP contribution in [0.5, 0.6) is 0 Å². The number of aliphatic hydroxyl groups is 1. The van der Waals surface area contributed by atoms with Gasteiger partial charge in [0.1, 0.15) is 0 Å². The SMILES string of the molecule is CCCC1N(c2ccc(Br)cc2)C(=O)N(c2ccc(Br)cc2)C1(O)c1cccc(Cl)c1. The smallest absolute Gasteiger partial charge is 0.332 e. The second kappa shape index (κ2) is 8.94. The Kier molecular flexibility index (Phi) is 6.44. The number of anilines is 2. The highest BCUT2D eigenvalue weighted by Gasteiger charge is 2.58. The van der Waals surface area contributed by atoms with E-state index in [4.69, 9.17) is 11.6 Å². The Bertz CT molecular complexity index is 1090. The summed E-state index contributed by atoms with van der Waals surface area (Å²) in [4.78, 5) is 17.0. The molecule has 0 aliphatic carbocycles. The quantitative estimate of drug-likeness (QED) is 0.353. The van der Waals surface area contributed by atoms with Gasteiger partial charge in [-0.05, 0) is 67.1 Å². The van der Waals surface area contributed by atoms with Gasteiger partial charge in [0, 0.05) is 30.9 Å². The van der Waals surface area contributed by atoms with Gasteiger partial charge >= 0.3 is 6.03 Å². The summed E-state index contributed by atoms with van der Waals surface area (Å²) in [7, 11) is 0. The molecule has 2 unspecified atom stereocenters. The van der Waals surface area contributed by atoms with E-state index in [1.807, 2.05) is 61.5 Å². The Morgan fingerprint density at radius 3 is 2.10 bits per heavy atom. The highest BCUT2D eigenvalue weighted by molar-refractivity contribution is 9.10. The molecule has 1 heterocycles. The molecule has 4 nitrogen and oxygen atoms in total. The molecule has 0 radical (unpaired) electrons. The van der Waals surface area contributed by atoms with Gasteiger partial charge in [-0.25, -0.2) is 4.79 Å². The molecule has 160 valence electrons. The fourth-order valence-electron chi connectivity index (χ4n) is 4.15. The first kappa shape index (κ1) is 22.3. The van der Waals surface area contributed by atoms with Crippen molar-refractivity contribution in [2.24, 2.45) is 0 Å². The van der Waals surface area contributed by atoms with Crippen LogP contribution in [0.2, 0.25) is 5.02 Å². The molecule has 1 N–H and O–H groups in total. The van der Waals surface area contributed by atoms with Crippen molar-refractivity contribution in [2.45, 2.75) is 31.5 Å². The number of hydrogen-bond donors (Lipinski definition) is 1. The minimum atomic E-state index is -1.60. The van der Waals surface area contributed by atoms with Crippen molar-refractivity contribution in [1.82, 2.24) is 0 Å². The number of rotatable bonds is 5. The Morgan fingerprint density at radius 2 is 1.55 bits per heavy atom. The predicted octanol–water partition coefficient (Wildman–Crippen LogP) is 7.33. The molecule has 0 spiro atoms. The molecule has 3 aromatic carbocycles. The van der Waals surface area contributed by atoms with Crippen LogP contribution in [0.4, 0.5) is 16.2 Å². The van der Waals surface area contributed by atoms with Crippen LogP contribution in [0, 0.1) is 0 Å². The third-order valence-corrected chi connectivity index (χ3v) is 6.81. The molecule has 1 aliphatic heterocycles. The van der Waals surface area contributed by atoms with Crippen LogP contribution in [-0.4, -0.2) is 17.2 Å². The van der Waals surface area contributed by atoms with Crippen LogP contribution in [0.3, 0.4) is 0 Å². The largest absolute Gasteiger partial charge is 0.365 e. The maximum Gasteiger partial charge on any atom is 0.332 e. The number of benzene rings is 3. The molecule has 31 heavy (non-hydrogen) atoms. The molecule has 4 rings (SSSR count). The maximum absolute atomic E-state index is 13.9. The summed E-state index contributed by atoms with van der Waals surface area (Å²) in [5, 5.41) is 12.8. The fraction of sp³-hybridized carbons (Fsp3) is 0.208. The van der Waals surface area contributed by atoms with E-state index in [2.05, 4.69) is 31.9 Å². The number of nitrogens with zero attached hydrogens (tertiary/aromatic N) is 2. The van der Waals surface area contributed by atoms with E-state index in [-0.39, 0.29) is 6.03 Å². The summed E-state index contributed by atoms with van der Waals surface area (Å²) in [5.41, 5.74) is 0.316. The molecular weight excluding hydrogens is 544 g/mol. The van der Waals surface area contributed by atoms with Crippen molar-refractivity contribution in [2.75, 3.05) is 9.80 Å². The van der Waals surface area contributed by atoms with Crippen LogP contribution in [0.15, 0.2) is 81.7 Å². The first-order valence-electron chi connectivity index (χ1n) is 9.99. The van der Waals surface area contributed by atoms with Crippen LogP contribution >= 0.6 is 43.5 Å². The van der Waals surface area contributed by atoms with E-state index in [0.29, 0.717) is 22.7 Å². The van der Waals surface area contributed by atoms with Gasteiger partial charge in [0.05, 0.1) is 6.04 Å². The van der Waals surface area contributed by atoms with Gasteiger partial charge in [-0.2, -0.15) is 0 Å². The molecular formula is C24H21Br2ClN2O2. The van der Waals surface area contributed by atoms with Crippen LogP contribution in [0.25, 0.3) is 0 Å². The third kappa shape index (κ3) is 4.02. The van der Waals surface area contributed by atoms with E-state index < -0.39 is 11.8 Å². The normalized spacial score (nSPS) is 21.1. The molecule has 0 aromatic heterocycles. The average molecular weight is 565 g/mol. The lowest BCUT2D eigenvalue weighted by atomic mass is 9.90. The zero-order valence-corrected chi connectivity index (χ0v) is 20.7. The topological polar surface area (TPSA) is 43.8 Å². The summed E-state index contributed by atoms with van der Waals surface area (Å²) < 4.78 is 1.81. The zero-order chi connectivity index (χ0) is 22.2. The van der Waals surface area contributed by atoms with Gasteiger partial charge in [0.25, 0.3) is 0 Å². The van der Waals surface area contributed by atoms with Crippen molar-refractivity contribution < 1.29 is 9.90 Å². The molecule has 1 aliphatic rings. The molecule has 1 saturated heterocycles. The molecule has 0 saturated carbocycles. The highest BCUT2D eigenvalue weighted by atomic mass is 79.9. The van der Waals surface area contributed by atoms with Crippen molar-refractivity contribution in [1.29, 1.82) is 0 Å². The summed E-state index contributed by atoms with van der Waals surface area (Å²) >= 11 is 13.2. The second-order valence-corrected chi connectivity index (χ2v) is 9.75. The van der Waals surface area contributed by atoms with E-state index in [9.17, 15) is 9.90 Å². The van der Waals surface area contributed by atoms with E-state index >= 15 is 0 Å². The van der Waals surface area contributed by atoms with E-state index in [1.165, 1.54) is 4.90 Å². The Labute approximate surface area is 203 Å². The van der Waals surface area contributed by atoms with Gasteiger partial charge in [-0.3, -0.25) is 9.80 Å². The number of halogens is 3. The number of hydrogen-bond acceptors (Lipinski definition) is 2. The number of carbonyl (C=O) groups is 1. The van der Waals surface area contributed by atoms with E-state index in [1.54, 1.807) is 23.1 Å². The Balaban J connectivity index is 1.95. The first-order chi connectivity index (χ1) is 14.9. The third-order valence-electron chi connectivity index (χ3n) is 5.52. The van der Waals surface area contributed by atoms with E-state index in [0.717, 1.165) is 21.1 Å². The molecule has 2 atom stereocenters. The molecule has 0 bridgehead atoms. The van der Waals surface area contributed by atoms with Gasteiger partial charge in [-0.1, -0.05) is 68.9 Å². The first-order valence-corrected chi connectivity index (χ1v) is 12.0. The van der Waals surface area contributed by atoms with Crippen LogP contribution in [-0.2, 0) is 5.72 Å². The van der Waals surface area contributed by atoms with Gasteiger partial charge in [0.2, 0.25) is 0 Å². The van der Waals surface area contributed by atoms with Crippen molar-refractivity contribution in [3.05, 3.63) is 92.3 Å². The molecule has 3 aromatic rings. The lowest BCUT2D eigenvalue weighted by molar-refractivity contribution is 0.0290. The molecule has 1 fully saturated rings. The summed E-state index contributed by atoms with van der Waals surface area (Å²) in [6.07, 6.45) is 1.40. The number of carbonyl (C=O) groups excluding carboxylic acids is 1. The molecule has 7 heteroatoms. The van der Waals surface area contributed by atoms with Gasteiger partial charge in [0.15, 0.2) is 5.72 Å². The Morgan fingerprint density at radius 1 is 0.968 bits per heavy atom. The van der Waals surface area contributed by atoms with Gasteiger partial charge < -0.3 is 5.11 Å². The average Bonchev–Trinajstić information content (AvgIpc) is 2.97. The van der Waals surface area contributed by atoms with Crippen molar-refractivity contribution in [3.63, 3.8) is 0 Å². The van der Waals surface area contributed by atoms with Crippen LogP contribution in [0.1, 0.15) is 25.3 Å². The number of urea groups is 1. The maximum atomic E-state index is 13.9. The summed E-state index contributed by atoms with van der Waals surface area (Å²) in [5.74, 6) is 0. The van der Waals surface area contributed by atoms with Gasteiger partial charge in [-0.15, -0.1) is 0 Å². The lowest BCUT2D eigenvalue weighted by Gasteiger charge is -2.37. The minimum Gasteiger partial charge on any atom is -0.365 e. The van der Waals surface area contributed by atoms with Crippen molar-refractivity contribution >= 4 is 60.9 Å². The minimum absolute atomic E-state index is 0.287. The number of amides is 2. The van der Waals surface area contributed by atoms with Crippen LogP contribution < -0.4 is 9.80 Å². The standard InChI is InChI=1S/C24H21Br2ClN2O2/c1-2-4-22-24(31,16-5-3-6-19(27)15-16)29(21-13-9-18(26)10-14-21)23(30)28(22)20-11-7-17(25)8-12-20/h3,5-15,22,31H,2,4H2,1H3. The zero-order valence-electron chi connectivity index (χ0n) is 16.8. The monoisotopic (exact) mass is 562 g/mol. The highest BCUT2D eigenvalue weighted by Crippen LogP contribution is 2.46. The lowest BCUT2D eigenvalue weighted by Crippen LogP contribution is -2.49. The fourth-order valence-corrected chi connectivity index (χ4v) is 4.87. The predicted molar refractivity (Wildman–Crippen MR) is 133 cm³/mol. The second-order valence-electron chi connectivity index (χ2n) is 7.48.